The molecule has 1 aliphatic rings. The molecule has 0 atom stereocenters. The van der Waals surface area contributed by atoms with Crippen molar-refractivity contribution in [2.45, 2.75) is 26.3 Å². The third-order valence-electron chi connectivity index (χ3n) is 3.35. The Bertz CT molecular complexity index is 438. The molecular weight excluding hydrogens is 226 g/mol. The van der Waals surface area contributed by atoms with Crippen LogP contribution in [-0.2, 0) is 11.3 Å². The molecule has 1 N–H and O–H groups in total. The maximum atomic E-state index is 10.6. The van der Waals surface area contributed by atoms with Crippen LogP contribution in [0.25, 0.3) is 0 Å². The number of hydrogen-bond acceptors (Lipinski definition) is 2. The van der Waals surface area contributed by atoms with Crippen LogP contribution in [0.5, 0.6) is 0 Å². The number of carbonyl (C=O) groups is 1. The second-order valence-electron chi connectivity index (χ2n) is 4.90. The first-order valence-electron chi connectivity index (χ1n) is 6.34. The lowest BCUT2D eigenvalue weighted by atomic mass is 10.0. The fraction of sp³-hybridized carbons (Fsp3) is 0.400. The van der Waals surface area contributed by atoms with Gasteiger partial charge in [-0.15, -0.1) is 0 Å². The lowest BCUT2D eigenvalue weighted by Gasteiger charge is -2.28. The Morgan fingerprint density at radius 2 is 1.89 bits per heavy atom. The Morgan fingerprint density at radius 3 is 2.44 bits per heavy atom. The van der Waals surface area contributed by atoms with E-state index in [1.54, 1.807) is 0 Å². The summed E-state index contributed by atoms with van der Waals surface area (Å²) in [6.07, 6.45) is 3.11. The molecule has 0 amide bonds. The lowest BCUT2D eigenvalue weighted by Crippen LogP contribution is -2.30. The van der Waals surface area contributed by atoms with Crippen LogP contribution >= 0.6 is 0 Å². The predicted octanol–water partition coefficient (Wildman–Crippen LogP) is 2.60. The van der Waals surface area contributed by atoms with Crippen LogP contribution in [0.1, 0.15) is 24.0 Å². The van der Waals surface area contributed by atoms with Crippen molar-refractivity contribution in [3.05, 3.63) is 47.0 Å². The summed E-state index contributed by atoms with van der Waals surface area (Å²) in [6, 6.07) is 8.60. The second-order valence-corrected chi connectivity index (χ2v) is 4.90. The molecule has 3 heteroatoms. The molecule has 0 aliphatic carbocycles. The SMILES string of the molecule is Cc1ccc(CN2CCC(=CC(=O)O)CC2)cc1. The first kappa shape index (κ1) is 12.8. The van der Waals surface area contributed by atoms with E-state index in [1.807, 2.05) is 0 Å². The van der Waals surface area contributed by atoms with Gasteiger partial charge in [0.15, 0.2) is 0 Å². The second kappa shape index (κ2) is 5.83. The molecule has 1 aromatic rings. The maximum absolute atomic E-state index is 10.6. The lowest BCUT2D eigenvalue weighted by molar-refractivity contribution is -0.131. The van der Waals surface area contributed by atoms with Gasteiger partial charge in [-0.05, 0) is 25.3 Å². The average molecular weight is 245 g/mol. The maximum Gasteiger partial charge on any atom is 0.328 e. The van der Waals surface area contributed by atoms with Crippen molar-refractivity contribution < 1.29 is 9.90 Å². The molecule has 0 bridgehead atoms. The van der Waals surface area contributed by atoms with Crippen molar-refractivity contribution in [3.8, 4) is 0 Å². The fourth-order valence-corrected chi connectivity index (χ4v) is 2.27. The normalized spacial score (nSPS) is 16.6. The van der Waals surface area contributed by atoms with Crippen molar-refractivity contribution in [2.75, 3.05) is 13.1 Å². The van der Waals surface area contributed by atoms with E-state index in [1.165, 1.54) is 17.2 Å². The largest absolute Gasteiger partial charge is 0.478 e. The van der Waals surface area contributed by atoms with Crippen LogP contribution in [0.2, 0.25) is 0 Å². The molecule has 1 aromatic carbocycles. The van der Waals surface area contributed by atoms with Crippen LogP contribution in [0.4, 0.5) is 0 Å². The van der Waals surface area contributed by atoms with E-state index in [4.69, 9.17) is 5.11 Å². The molecule has 1 fully saturated rings. The van der Waals surface area contributed by atoms with Gasteiger partial charge in [-0.1, -0.05) is 35.4 Å². The molecule has 0 unspecified atom stereocenters. The number of aryl methyl sites for hydroxylation is 1. The zero-order chi connectivity index (χ0) is 13.0. The van der Waals surface area contributed by atoms with E-state index in [0.29, 0.717) is 0 Å². The number of piperidine rings is 1. The van der Waals surface area contributed by atoms with Crippen LogP contribution in [0.15, 0.2) is 35.9 Å². The zero-order valence-electron chi connectivity index (χ0n) is 10.7. The predicted molar refractivity (Wildman–Crippen MR) is 71.4 cm³/mol. The molecular formula is C15H19NO2. The van der Waals surface area contributed by atoms with Crippen molar-refractivity contribution in [1.82, 2.24) is 4.90 Å². The highest BCUT2D eigenvalue weighted by Crippen LogP contribution is 2.18. The summed E-state index contributed by atoms with van der Waals surface area (Å²) in [7, 11) is 0. The van der Waals surface area contributed by atoms with Crippen LogP contribution in [-0.4, -0.2) is 29.1 Å². The van der Waals surface area contributed by atoms with E-state index < -0.39 is 5.97 Å². The molecule has 0 saturated carbocycles. The van der Waals surface area contributed by atoms with Gasteiger partial charge in [0.1, 0.15) is 0 Å². The summed E-state index contributed by atoms with van der Waals surface area (Å²) in [5, 5.41) is 8.70. The number of carboxylic acid groups (broad SMARTS) is 1. The van der Waals surface area contributed by atoms with Gasteiger partial charge in [0.2, 0.25) is 0 Å². The zero-order valence-corrected chi connectivity index (χ0v) is 10.7. The number of benzene rings is 1. The quantitative estimate of drug-likeness (QED) is 0.832. The van der Waals surface area contributed by atoms with Gasteiger partial charge in [0.05, 0.1) is 0 Å². The molecule has 1 saturated heterocycles. The average Bonchev–Trinajstić information content (AvgIpc) is 2.34. The third kappa shape index (κ3) is 3.70. The monoisotopic (exact) mass is 245 g/mol. The molecule has 1 heterocycles. The molecule has 96 valence electrons. The van der Waals surface area contributed by atoms with Crippen molar-refractivity contribution in [3.63, 3.8) is 0 Å². The van der Waals surface area contributed by atoms with E-state index >= 15 is 0 Å². The summed E-state index contributed by atoms with van der Waals surface area (Å²) >= 11 is 0. The van der Waals surface area contributed by atoms with Gasteiger partial charge in [-0.25, -0.2) is 4.79 Å². The number of nitrogens with zero attached hydrogens (tertiary/aromatic N) is 1. The number of likely N-dealkylation sites (tertiary alicyclic amines) is 1. The molecule has 0 spiro atoms. The summed E-state index contributed by atoms with van der Waals surface area (Å²) in [4.78, 5) is 13.0. The summed E-state index contributed by atoms with van der Waals surface area (Å²) in [6.45, 7) is 4.95. The molecule has 0 radical (unpaired) electrons. The number of carboxylic acids is 1. The minimum absolute atomic E-state index is 0.822. The van der Waals surface area contributed by atoms with E-state index in [0.717, 1.165) is 38.0 Å². The highest BCUT2D eigenvalue weighted by atomic mass is 16.4. The molecule has 1 aliphatic heterocycles. The Morgan fingerprint density at radius 1 is 1.28 bits per heavy atom. The highest BCUT2D eigenvalue weighted by molar-refractivity contribution is 5.80. The number of aliphatic carboxylic acids is 1. The van der Waals surface area contributed by atoms with Gasteiger partial charge >= 0.3 is 5.97 Å². The van der Waals surface area contributed by atoms with Gasteiger partial charge in [-0.3, -0.25) is 4.90 Å². The van der Waals surface area contributed by atoms with Crippen molar-refractivity contribution >= 4 is 5.97 Å². The smallest absolute Gasteiger partial charge is 0.328 e. The Labute approximate surface area is 108 Å². The van der Waals surface area contributed by atoms with E-state index in [2.05, 4.69) is 36.1 Å². The van der Waals surface area contributed by atoms with Crippen LogP contribution in [0, 0.1) is 6.92 Å². The first-order chi connectivity index (χ1) is 8.63. The van der Waals surface area contributed by atoms with Gasteiger partial charge in [-0.2, -0.15) is 0 Å². The van der Waals surface area contributed by atoms with Gasteiger partial charge in [0, 0.05) is 25.7 Å². The molecule has 0 aromatic heterocycles. The van der Waals surface area contributed by atoms with Crippen molar-refractivity contribution in [2.24, 2.45) is 0 Å². The summed E-state index contributed by atoms with van der Waals surface area (Å²) in [5.74, 6) is -0.822. The minimum Gasteiger partial charge on any atom is -0.478 e. The Hall–Kier alpha value is -1.61. The molecule has 3 nitrogen and oxygen atoms in total. The van der Waals surface area contributed by atoms with Gasteiger partial charge < -0.3 is 5.11 Å². The standard InChI is InChI=1S/C15H19NO2/c1-12-2-4-14(5-3-12)11-16-8-6-13(7-9-16)10-15(17)18/h2-5,10H,6-9,11H2,1H3,(H,17,18). The third-order valence-corrected chi connectivity index (χ3v) is 3.35. The van der Waals surface area contributed by atoms with Crippen LogP contribution < -0.4 is 0 Å². The molecule has 18 heavy (non-hydrogen) atoms. The fourth-order valence-electron chi connectivity index (χ4n) is 2.27. The van der Waals surface area contributed by atoms with Crippen molar-refractivity contribution in [1.29, 1.82) is 0 Å². The minimum atomic E-state index is -0.822. The van der Waals surface area contributed by atoms with E-state index in [-0.39, 0.29) is 0 Å². The van der Waals surface area contributed by atoms with E-state index in [9.17, 15) is 4.79 Å². The highest BCUT2D eigenvalue weighted by Gasteiger charge is 2.14. The number of hydrogen-bond donors (Lipinski definition) is 1. The molecule has 2 rings (SSSR count). The Balaban J connectivity index is 1.87. The Kier molecular flexibility index (Phi) is 4.15. The summed E-state index contributed by atoms with van der Waals surface area (Å²) in [5.41, 5.74) is 3.66. The van der Waals surface area contributed by atoms with Gasteiger partial charge in [0.25, 0.3) is 0 Å². The number of rotatable bonds is 3. The summed E-state index contributed by atoms with van der Waals surface area (Å²) < 4.78 is 0. The van der Waals surface area contributed by atoms with Crippen LogP contribution in [0.3, 0.4) is 0 Å². The first-order valence-corrected chi connectivity index (χ1v) is 6.34. The topological polar surface area (TPSA) is 40.5 Å².